The number of benzene rings is 2. The van der Waals surface area contributed by atoms with Crippen LogP contribution in [0.25, 0.3) is 0 Å². The van der Waals surface area contributed by atoms with Crippen LogP contribution in [0.4, 0.5) is 5.69 Å². The minimum absolute atomic E-state index is 0.0276. The maximum atomic E-state index is 12.3. The number of phenolic OH excluding ortho intramolecular Hbond substituents is 1. The molecule has 0 bridgehead atoms. The molecule has 0 unspecified atom stereocenters. The molecule has 0 radical (unpaired) electrons. The zero-order valence-electron chi connectivity index (χ0n) is 14.2. The lowest BCUT2D eigenvalue weighted by atomic mass is 10.0. The van der Waals surface area contributed by atoms with Gasteiger partial charge in [0.2, 0.25) is 0 Å². The number of phenols is 1. The van der Waals surface area contributed by atoms with E-state index in [1.165, 1.54) is 19.1 Å². The molecule has 0 heterocycles. The van der Waals surface area contributed by atoms with Gasteiger partial charge in [-0.15, -0.1) is 0 Å². The van der Waals surface area contributed by atoms with E-state index in [0.717, 1.165) is 22.4 Å². The van der Waals surface area contributed by atoms with Gasteiger partial charge in [0.25, 0.3) is 5.91 Å². The fourth-order valence-corrected chi connectivity index (χ4v) is 2.53. The second-order valence-electron chi connectivity index (χ2n) is 5.83. The Bertz CT molecular complexity index is 760. The molecular formula is C19H21NO4. The van der Waals surface area contributed by atoms with E-state index in [1.807, 2.05) is 32.9 Å². The summed E-state index contributed by atoms with van der Waals surface area (Å²) in [5, 5.41) is 12.5. The third kappa shape index (κ3) is 3.93. The molecule has 1 amide bonds. The first-order valence-electron chi connectivity index (χ1n) is 7.67. The first-order chi connectivity index (χ1) is 11.3. The number of hydrogen-bond acceptors (Lipinski definition) is 4. The zero-order chi connectivity index (χ0) is 17.9. The Hall–Kier alpha value is -2.82. The summed E-state index contributed by atoms with van der Waals surface area (Å²) in [4.78, 5) is 24.4. The SMILES string of the molecule is Cc1cc(C)c(NC(=O)[C@@H](C)OC(=O)c2ccccc2O)c(C)c1. The van der Waals surface area contributed by atoms with Crippen LogP contribution in [0.2, 0.25) is 0 Å². The van der Waals surface area contributed by atoms with Gasteiger partial charge in [-0.2, -0.15) is 0 Å². The molecule has 0 saturated heterocycles. The van der Waals surface area contributed by atoms with Gasteiger partial charge in [-0.25, -0.2) is 4.79 Å². The average molecular weight is 327 g/mol. The Morgan fingerprint density at radius 3 is 2.25 bits per heavy atom. The van der Waals surface area contributed by atoms with Crippen molar-refractivity contribution in [3.05, 3.63) is 58.7 Å². The van der Waals surface area contributed by atoms with Gasteiger partial charge in [0.15, 0.2) is 6.10 Å². The number of rotatable bonds is 4. The molecule has 0 spiro atoms. The minimum atomic E-state index is -0.989. The molecule has 1 atom stereocenters. The summed E-state index contributed by atoms with van der Waals surface area (Å²) in [6.45, 7) is 7.30. The summed E-state index contributed by atoms with van der Waals surface area (Å²) in [6.07, 6.45) is -0.989. The Balaban J connectivity index is 2.08. The number of aryl methyl sites for hydroxylation is 3. The van der Waals surface area contributed by atoms with E-state index in [9.17, 15) is 14.7 Å². The van der Waals surface area contributed by atoms with Crippen LogP contribution >= 0.6 is 0 Å². The molecule has 5 nitrogen and oxygen atoms in total. The van der Waals surface area contributed by atoms with Crippen molar-refractivity contribution in [2.24, 2.45) is 0 Å². The van der Waals surface area contributed by atoms with Crippen molar-refractivity contribution in [1.29, 1.82) is 0 Å². The fourth-order valence-electron chi connectivity index (χ4n) is 2.53. The summed E-state index contributed by atoms with van der Waals surface area (Å²) in [7, 11) is 0. The summed E-state index contributed by atoms with van der Waals surface area (Å²) in [6, 6.07) is 9.99. The largest absolute Gasteiger partial charge is 0.507 e. The number of nitrogens with one attached hydrogen (secondary N) is 1. The maximum absolute atomic E-state index is 12.3. The van der Waals surface area contributed by atoms with Crippen LogP contribution in [0.15, 0.2) is 36.4 Å². The quantitative estimate of drug-likeness (QED) is 0.843. The van der Waals surface area contributed by atoms with Gasteiger partial charge in [-0.1, -0.05) is 29.8 Å². The van der Waals surface area contributed by atoms with Crippen molar-refractivity contribution in [3.8, 4) is 5.75 Å². The number of aromatic hydroxyl groups is 1. The van der Waals surface area contributed by atoms with Gasteiger partial charge in [-0.3, -0.25) is 4.79 Å². The van der Waals surface area contributed by atoms with E-state index in [4.69, 9.17) is 4.74 Å². The first-order valence-corrected chi connectivity index (χ1v) is 7.67. The summed E-state index contributed by atoms with van der Waals surface area (Å²) >= 11 is 0. The monoisotopic (exact) mass is 327 g/mol. The van der Waals surface area contributed by atoms with Crippen LogP contribution < -0.4 is 5.32 Å². The van der Waals surface area contributed by atoms with Crippen molar-refractivity contribution in [1.82, 2.24) is 0 Å². The highest BCUT2D eigenvalue weighted by atomic mass is 16.5. The molecule has 2 aromatic rings. The first kappa shape index (κ1) is 17.5. The Kier molecular flexibility index (Phi) is 5.24. The topological polar surface area (TPSA) is 75.6 Å². The van der Waals surface area contributed by atoms with Crippen LogP contribution in [0, 0.1) is 20.8 Å². The predicted molar refractivity (Wildman–Crippen MR) is 92.3 cm³/mol. The predicted octanol–water partition coefficient (Wildman–Crippen LogP) is 3.50. The number of amides is 1. The van der Waals surface area contributed by atoms with Gasteiger partial charge in [0, 0.05) is 5.69 Å². The number of esters is 1. The molecule has 0 aromatic heterocycles. The second kappa shape index (κ2) is 7.17. The number of ether oxygens (including phenoxy) is 1. The van der Waals surface area contributed by atoms with Crippen LogP contribution in [0.5, 0.6) is 5.75 Å². The fraction of sp³-hybridized carbons (Fsp3) is 0.263. The highest BCUT2D eigenvalue weighted by Gasteiger charge is 2.21. The highest BCUT2D eigenvalue weighted by Crippen LogP contribution is 2.22. The molecule has 2 aromatic carbocycles. The molecule has 24 heavy (non-hydrogen) atoms. The number of anilines is 1. The molecular weight excluding hydrogens is 306 g/mol. The van der Waals surface area contributed by atoms with E-state index < -0.39 is 18.0 Å². The number of hydrogen-bond donors (Lipinski definition) is 2. The van der Waals surface area contributed by atoms with Crippen molar-refractivity contribution in [2.45, 2.75) is 33.8 Å². The summed E-state index contributed by atoms with van der Waals surface area (Å²) in [5.74, 6) is -1.35. The Morgan fingerprint density at radius 2 is 1.67 bits per heavy atom. The van der Waals surface area contributed by atoms with Gasteiger partial charge in [0.1, 0.15) is 11.3 Å². The summed E-state index contributed by atoms with van der Waals surface area (Å²) in [5.41, 5.74) is 3.75. The van der Waals surface area contributed by atoms with Crippen molar-refractivity contribution >= 4 is 17.6 Å². The number of para-hydroxylation sites is 1. The lowest BCUT2D eigenvalue weighted by molar-refractivity contribution is -0.123. The molecule has 5 heteroatoms. The molecule has 0 aliphatic carbocycles. The van der Waals surface area contributed by atoms with Gasteiger partial charge in [-0.05, 0) is 51.0 Å². The lowest BCUT2D eigenvalue weighted by Crippen LogP contribution is -2.30. The van der Waals surface area contributed by atoms with E-state index in [2.05, 4.69) is 5.32 Å². The molecule has 0 aliphatic rings. The third-order valence-corrected chi connectivity index (χ3v) is 3.70. The van der Waals surface area contributed by atoms with Crippen molar-refractivity contribution in [3.63, 3.8) is 0 Å². The Labute approximate surface area is 141 Å². The number of carbonyl (C=O) groups excluding carboxylic acids is 2. The van der Waals surface area contributed by atoms with Crippen LogP contribution in [-0.4, -0.2) is 23.1 Å². The molecule has 2 N–H and O–H groups in total. The highest BCUT2D eigenvalue weighted by molar-refractivity contribution is 5.99. The molecule has 0 saturated carbocycles. The number of carbonyl (C=O) groups is 2. The van der Waals surface area contributed by atoms with Crippen LogP contribution in [-0.2, 0) is 9.53 Å². The minimum Gasteiger partial charge on any atom is -0.507 e. The van der Waals surface area contributed by atoms with E-state index in [-0.39, 0.29) is 11.3 Å². The normalized spacial score (nSPS) is 11.7. The molecule has 2 rings (SSSR count). The lowest BCUT2D eigenvalue weighted by Gasteiger charge is -2.17. The van der Waals surface area contributed by atoms with Crippen LogP contribution in [0.1, 0.15) is 34.0 Å². The van der Waals surface area contributed by atoms with E-state index >= 15 is 0 Å². The van der Waals surface area contributed by atoms with E-state index in [0.29, 0.717) is 0 Å². The van der Waals surface area contributed by atoms with Crippen LogP contribution in [0.3, 0.4) is 0 Å². The van der Waals surface area contributed by atoms with Gasteiger partial charge in [0.05, 0.1) is 0 Å². The smallest absolute Gasteiger partial charge is 0.342 e. The second-order valence-corrected chi connectivity index (χ2v) is 5.83. The third-order valence-electron chi connectivity index (χ3n) is 3.70. The molecule has 0 fully saturated rings. The van der Waals surface area contributed by atoms with Gasteiger partial charge < -0.3 is 15.2 Å². The van der Waals surface area contributed by atoms with Crippen molar-refractivity contribution < 1.29 is 19.4 Å². The average Bonchev–Trinajstić information content (AvgIpc) is 2.50. The zero-order valence-corrected chi connectivity index (χ0v) is 14.2. The standard InChI is InChI=1S/C19H21NO4/c1-11-9-12(2)17(13(3)10-11)20-18(22)14(4)24-19(23)15-7-5-6-8-16(15)21/h5-10,14,21H,1-4H3,(H,20,22)/t14-/m1/s1. The maximum Gasteiger partial charge on any atom is 0.342 e. The van der Waals surface area contributed by atoms with Crippen molar-refractivity contribution in [2.75, 3.05) is 5.32 Å². The summed E-state index contributed by atoms with van der Waals surface area (Å²) < 4.78 is 5.14. The Morgan fingerprint density at radius 1 is 1.08 bits per heavy atom. The molecule has 0 aliphatic heterocycles. The van der Waals surface area contributed by atoms with Gasteiger partial charge >= 0.3 is 5.97 Å². The van der Waals surface area contributed by atoms with E-state index in [1.54, 1.807) is 12.1 Å². The molecule has 126 valence electrons.